The molecule has 5 N–H and O–H groups in total. The maximum Gasteiger partial charge on any atom is 0.334 e. The number of nitrogens with one attached hydrogen (secondary N) is 1. The van der Waals surface area contributed by atoms with Crippen LogP contribution >= 0.6 is 0 Å². The summed E-state index contributed by atoms with van der Waals surface area (Å²) < 4.78 is 0. The van der Waals surface area contributed by atoms with Gasteiger partial charge in [-0.25, -0.2) is 9.79 Å². The Balaban J connectivity index is 1.51. The van der Waals surface area contributed by atoms with Gasteiger partial charge >= 0.3 is 5.97 Å². The van der Waals surface area contributed by atoms with E-state index in [9.17, 15) is 19.8 Å². The van der Waals surface area contributed by atoms with Crippen molar-refractivity contribution in [2.24, 2.45) is 39.3 Å². The summed E-state index contributed by atoms with van der Waals surface area (Å²) >= 11 is 0. The molecule has 0 aromatic carbocycles. The van der Waals surface area contributed by atoms with Crippen molar-refractivity contribution >= 4 is 17.7 Å². The second-order valence-corrected chi connectivity index (χ2v) is 13.0. The molecule has 5 aliphatic carbocycles. The Kier molecular flexibility index (Phi) is 6.50. The predicted octanol–water partition coefficient (Wildman–Crippen LogP) is 3.36. The van der Waals surface area contributed by atoms with Crippen molar-refractivity contribution in [1.82, 2.24) is 10.2 Å². The molecule has 8 heteroatoms. The van der Waals surface area contributed by atoms with Crippen molar-refractivity contribution in [2.75, 3.05) is 20.1 Å². The van der Waals surface area contributed by atoms with Gasteiger partial charge in [-0.3, -0.25) is 4.79 Å². The van der Waals surface area contributed by atoms with Crippen LogP contribution in [0.3, 0.4) is 0 Å². The zero-order valence-electron chi connectivity index (χ0n) is 22.8. The molecule has 6 unspecified atom stereocenters. The minimum absolute atomic E-state index is 0.00586. The van der Waals surface area contributed by atoms with E-state index in [2.05, 4.69) is 22.5 Å². The number of Topliss-reactive ketones (excluding diaryl/α,β-unsaturated/α-hetero) is 1. The summed E-state index contributed by atoms with van der Waals surface area (Å²) in [5.41, 5.74) is 4.82. The number of aliphatic hydroxyl groups is 1. The summed E-state index contributed by atoms with van der Waals surface area (Å²) in [5, 5.41) is 25.9. The third kappa shape index (κ3) is 3.51. The number of guanidine groups is 1. The summed E-state index contributed by atoms with van der Waals surface area (Å²) in [5.74, 6) is -0.223. The third-order valence-corrected chi connectivity index (χ3v) is 11.4. The minimum atomic E-state index is -1.91. The van der Waals surface area contributed by atoms with Gasteiger partial charge < -0.3 is 26.2 Å². The van der Waals surface area contributed by atoms with E-state index in [-0.39, 0.29) is 53.4 Å². The van der Waals surface area contributed by atoms with Gasteiger partial charge in [-0.2, -0.15) is 0 Å². The molecule has 1 aliphatic heterocycles. The highest BCUT2D eigenvalue weighted by atomic mass is 16.4. The van der Waals surface area contributed by atoms with E-state index < -0.39 is 17.0 Å². The summed E-state index contributed by atoms with van der Waals surface area (Å²) in [6.45, 7) is 1.41. The number of aliphatic carboxylic acids is 1. The molecule has 1 heterocycles. The SMILES string of the molecule is CNCC1C=CN(C(N)=NC2CCCCC2)CC12C1CCC3CCCCC(=O)C4(O)CC32C(=C4C(=O)O)C1. The lowest BCUT2D eigenvalue weighted by Crippen LogP contribution is -2.63. The van der Waals surface area contributed by atoms with E-state index in [1.54, 1.807) is 0 Å². The second kappa shape index (κ2) is 9.47. The Morgan fingerprint density at radius 1 is 1.13 bits per heavy atom. The lowest BCUT2D eigenvalue weighted by molar-refractivity contribution is -0.148. The number of aliphatic imine (C=N–C) groups is 1. The molecule has 8 nitrogen and oxygen atoms in total. The zero-order valence-corrected chi connectivity index (χ0v) is 22.8. The van der Waals surface area contributed by atoms with E-state index in [1.807, 2.05) is 7.05 Å². The van der Waals surface area contributed by atoms with Crippen molar-refractivity contribution in [2.45, 2.75) is 95.1 Å². The topological polar surface area (TPSA) is 128 Å². The number of hydrogen-bond donors (Lipinski definition) is 4. The number of carbonyl (C=O) groups excluding carboxylic acids is 1. The Morgan fingerprint density at radius 3 is 2.61 bits per heavy atom. The van der Waals surface area contributed by atoms with Crippen molar-refractivity contribution in [3.8, 4) is 0 Å². The second-order valence-electron chi connectivity index (χ2n) is 13.0. The van der Waals surface area contributed by atoms with Crippen LogP contribution in [0.1, 0.15) is 83.5 Å². The molecular formula is C30H44N4O4. The number of carboxylic acids is 1. The number of ketones is 1. The molecule has 0 aromatic rings. The van der Waals surface area contributed by atoms with E-state index in [0.717, 1.165) is 50.6 Å². The first-order valence-corrected chi connectivity index (χ1v) is 14.9. The highest BCUT2D eigenvalue weighted by molar-refractivity contribution is 6.04. The van der Waals surface area contributed by atoms with Gasteiger partial charge in [0.15, 0.2) is 17.3 Å². The molecule has 4 fully saturated rings. The molecule has 2 spiro atoms. The van der Waals surface area contributed by atoms with Crippen LogP contribution in [-0.4, -0.2) is 64.6 Å². The van der Waals surface area contributed by atoms with Crippen molar-refractivity contribution in [3.63, 3.8) is 0 Å². The highest BCUT2D eigenvalue weighted by Gasteiger charge is 2.76. The van der Waals surface area contributed by atoms with Gasteiger partial charge in [-0.05, 0) is 81.7 Å². The maximum absolute atomic E-state index is 13.5. The van der Waals surface area contributed by atoms with E-state index in [1.165, 1.54) is 19.3 Å². The predicted molar refractivity (Wildman–Crippen MR) is 145 cm³/mol. The number of rotatable bonds is 4. The fraction of sp³-hybridized carbons (Fsp3) is 0.767. The summed E-state index contributed by atoms with van der Waals surface area (Å²) in [7, 11) is 1.97. The van der Waals surface area contributed by atoms with Gasteiger partial charge in [0.1, 0.15) is 0 Å². The molecule has 0 aromatic heterocycles. The first kappa shape index (κ1) is 26.1. The number of carbonyl (C=O) groups is 2. The van der Waals surface area contributed by atoms with Crippen LogP contribution in [0.4, 0.5) is 0 Å². The van der Waals surface area contributed by atoms with Crippen LogP contribution in [0.25, 0.3) is 0 Å². The molecule has 38 heavy (non-hydrogen) atoms. The molecule has 4 saturated carbocycles. The van der Waals surface area contributed by atoms with Crippen LogP contribution in [-0.2, 0) is 9.59 Å². The van der Waals surface area contributed by atoms with Gasteiger partial charge in [0, 0.05) is 36.5 Å². The molecule has 6 atom stereocenters. The van der Waals surface area contributed by atoms with Crippen LogP contribution in [0, 0.1) is 28.6 Å². The fourth-order valence-corrected chi connectivity index (χ4v) is 10.0. The number of nitrogens with zero attached hydrogens (tertiary/aromatic N) is 2. The Morgan fingerprint density at radius 2 is 1.87 bits per heavy atom. The van der Waals surface area contributed by atoms with Crippen LogP contribution in [0.2, 0.25) is 0 Å². The monoisotopic (exact) mass is 524 g/mol. The normalized spacial score (nSPS) is 41.4. The molecule has 3 bridgehead atoms. The van der Waals surface area contributed by atoms with Crippen molar-refractivity contribution < 1.29 is 19.8 Å². The van der Waals surface area contributed by atoms with Gasteiger partial charge in [0.05, 0.1) is 11.6 Å². The molecular weight excluding hydrogens is 480 g/mol. The maximum atomic E-state index is 13.5. The Bertz CT molecular complexity index is 1090. The lowest BCUT2D eigenvalue weighted by Gasteiger charge is -2.61. The number of nitrogens with two attached hydrogens (primary N) is 1. The van der Waals surface area contributed by atoms with Gasteiger partial charge in [0.2, 0.25) is 0 Å². The van der Waals surface area contributed by atoms with E-state index in [0.29, 0.717) is 25.3 Å². The lowest BCUT2D eigenvalue weighted by atomic mass is 9.45. The largest absolute Gasteiger partial charge is 0.478 e. The summed E-state index contributed by atoms with van der Waals surface area (Å²) in [6.07, 6.45) is 15.9. The summed E-state index contributed by atoms with van der Waals surface area (Å²) in [4.78, 5) is 33.4. The smallest absolute Gasteiger partial charge is 0.334 e. The molecule has 0 radical (unpaired) electrons. The van der Waals surface area contributed by atoms with Crippen LogP contribution < -0.4 is 11.1 Å². The Hall–Kier alpha value is -2.19. The number of allylic oxidation sites excluding steroid dienone is 1. The average Bonchev–Trinajstić information content (AvgIpc) is 3.26. The highest BCUT2D eigenvalue weighted by Crippen LogP contribution is 2.78. The van der Waals surface area contributed by atoms with Gasteiger partial charge in [-0.15, -0.1) is 0 Å². The molecule has 0 amide bonds. The Labute approximate surface area is 225 Å². The number of hydrogen-bond acceptors (Lipinski definition) is 5. The number of fused-ring (bicyclic) bond motifs is 1. The average molecular weight is 525 g/mol. The zero-order chi connectivity index (χ0) is 26.7. The summed E-state index contributed by atoms with van der Waals surface area (Å²) in [6, 6.07) is 0.259. The third-order valence-electron chi connectivity index (χ3n) is 11.4. The van der Waals surface area contributed by atoms with Crippen molar-refractivity contribution in [1.29, 1.82) is 0 Å². The van der Waals surface area contributed by atoms with Crippen LogP contribution in [0.15, 0.2) is 28.4 Å². The molecule has 208 valence electrons. The molecule has 6 aliphatic rings. The first-order chi connectivity index (χ1) is 18.3. The quantitative estimate of drug-likeness (QED) is 0.328. The number of carboxylic acid groups (broad SMARTS) is 1. The van der Waals surface area contributed by atoms with E-state index in [4.69, 9.17) is 10.7 Å². The minimum Gasteiger partial charge on any atom is -0.478 e. The molecule has 6 rings (SSSR count). The van der Waals surface area contributed by atoms with Crippen molar-refractivity contribution in [3.05, 3.63) is 23.4 Å². The van der Waals surface area contributed by atoms with Crippen LogP contribution in [0.5, 0.6) is 0 Å². The van der Waals surface area contributed by atoms with E-state index >= 15 is 0 Å². The first-order valence-electron chi connectivity index (χ1n) is 14.9. The van der Waals surface area contributed by atoms with Gasteiger partial charge in [-0.1, -0.05) is 31.8 Å². The van der Waals surface area contributed by atoms with Gasteiger partial charge in [0.25, 0.3) is 0 Å². The fourth-order valence-electron chi connectivity index (χ4n) is 10.0. The molecule has 0 saturated heterocycles. The standard InChI is InChI=1S/C30H44N4O4/c1-32-16-21-13-14-34(27(31)33-22-8-3-2-4-9-22)18-29(21)20-12-11-19-7-5-6-10-24(35)30(38)17-28(19,29)23(15-20)25(30)26(36)37/h13-14,19-22,32,38H,2-12,15-18H2,1H3,(H2,31,33)(H,36,37).